The molecule has 1 unspecified atom stereocenters. The summed E-state index contributed by atoms with van der Waals surface area (Å²) in [6.45, 7) is 0.544. The molecule has 18 heavy (non-hydrogen) atoms. The highest BCUT2D eigenvalue weighted by Crippen LogP contribution is 2.34. The SMILES string of the molecule is CN(C(=O)Cc1cccc(Cl)c1)C(CN)C1CC1. The Kier molecular flexibility index (Phi) is 4.25. The molecule has 1 amide bonds. The van der Waals surface area contributed by atoms with Crippen molar-refractivity contribution in [1.29, 1.82) is 0 Å². The molecular formula is C14H19ClN2O. The summed E-state index contributed by atoms with van der Waals surface area (Å²) in [6.07, 6.45) is 2.77. The minimum Gasteiger partial charge on any atom is -0.341 e. The summed E-state index contributed by atoms with van der Waals surface area (Å²) >= 11 is 5.91. The van der Waals surface area contributed by atoms with Crippen LogP contribution in [0.2, 0.25) is 5.02 Å². The lowest BCUT2D eigenvalue weighted by Gasteiger charge is -2.27. The molecule has 1 atom stereocenters. The number of nitrogens with two attached hydrogens (primary N) is 1. The Balaban J connectivity index is 1.98. The summed E-state index contributed by atoms with van der Waals surface area (Å²) in [5.41, 5.74) is 6.70. The Morgan fingerprint density at radius 1 is 1.56 bits per heavy atom. The van der Waals surface area contributed by atoms with Crippen molar-refractivity contribution < 1.29 is 4.79 Å². The molecule has 0 saturated heterocycles. The molecule has 2 rings (SSSR count). The zero-order valence-electron chi connectivity index (χ0n) is 10.6. The Bertz CT molecular complexity index is 432. The first-order valence-electron chi connectivity index (χ1n) is 6.32. The summed E-state index contributed by atoms with van der Waals surface area (Å²) in [5, 5.41) is 0.667. The molecule has 1 saturated carbocycles. The molecule has 2 N–H and O–H groups in total. The lowest BCUT2D eigenvalue weighted by Crippen LogP contribution is -2.43. The van der Waals surface area contributed by atoms with Crippen LogP contribution in [0, 0.1) is 5.92 Å². The van der Waals surface area contributed by atoms with Crippen molar-refractivity contribution in [3.05, 3.63) is 34.9 Å². The van der Waals surface area contributed by atoms with E-state index in [-0.39, 0.29) is 11.9 Å². The first-order chi connectivity index (χ1) is 8.61. The number of benzene rings is 1. The van der Waals surface area contributed by atoms with Crippen LogP contribution in [0.4, 0.5) is 0 Å². The average molecular weight is 267 g/mol. The minimum atomic E-state index is 0.111. The predicted octanol–water partition coefficient (Wildman–Crippen LogP) is 2.08. The second-order valence-corrected chi connectivity index (χ2v) is 5.39. The van der Waals surface area contributed by atoms with E-state index in [1.165, 1.54) is 12.8 Å². The molecule has 0 aromatic heterocycles. The van der Waals surface area contributed by atoms with E-state index in [0.717, 1.165) is 5.56 Å². The molecule has 0 bridgehead atoms. The van der Waals surface area contributed by atoms with Gasteiger partial charge in [-0.3, -0.25) is 4.79 Å². The molecule has 98 valence electrons. The lowest BCUT2D eigenvalue weighted by atomic mass is 10.1. The summed E-state index contributed by atoms with van der Waals surface area (Å²) in [4.78, 5) is 14.0. The molecule has 0 spiro atoms. The maximum atomic E-state index is 12.2. The third-order valence-electron chi connectivity index (χ3n) is 3.54. The zero-order valence-corrected chi connectivity index (χ0v) is 11.4. The summed E-state index contributed by atoms with van der Waals surface area (Å²) in [7, 11) is 1.85. The third kappa shape index (κ3) is 3.24. The van der Waals surface area contributed by atoms with Gasteiger partial charge in [-0.05, 0) is 36.5 Å². The fourth-order valence-electron chi connectivity index (χ4n) is 2.28. The van der Waals surface area contributed by atoms with Crippen LogP contribution < -0.4 is 5.73 Å². The number of halogens is 1. The molecule has 0 heterocycles. The Labute approximate surface area is 113 Å². The van der Waals surface area contributed by atoms with Crippen molar-refractivity contribution in [3.8, 4) is 0 Å². The second-order valence-electron chi connectivity index (χ2n) is 4.95. The molecule has 0 aliphatic heterocycles. The van der Waals surface area contributed by atoms with Crippen molar-refractivity contribution in [2.45, 2.75) is 25.3 Å². The molecule has 1 aliphatic rings. The number of likely N-dealkylation sites (N-methyl/N-ethyl adjacent to an activating group) is 1. The predicted molar refractivity (Wildman–Crippen MR) is 73.5 cm³/mol. The molecule has 0 radical (unpaired) electrons. The van der Waals surface area contributed by atoms with E-state index in [2.05, 4.69) is 0 Å². The molecule has 1 aliphatic carbocycles. The zero-order chi connectivity index (χ0) is 13.1. The number of hydrogen-bond donors (Lipinski definition) is 1. The Morgan fingerprint density at radius 3 is 2.83 bits per heavy atom. The molecule has 1 aromatic rings. The van der Waals surface area contributed by atoms with E-state index >= 15 is 0 Å². The van der Waals surface area contributed by atoms with Crippen LogP contribution in [0.3, 0.4) is 0 Å². The van der Waals surface area contributed by atoms with Crippen LogP contribution in [-0.2, 0) is 11.2 Å². The number of nitrogens with zero attached hydrogens (tertiary/aromatic N) is 1. The monoisotopic (exact) mass is 266 g/mol. The van der Waals surface area contributed by atoms with Crippen molar-refractivity contribution in [1.82, 2.24) is 4.90 Å². The largest absolute Gasteiger partial charge is 0.341 e. The van der Waals surface area contributed by atoms with Crippen molar-refractivity contribution in [3.63, 3.8) is 0 Å². The van der Waals surface area contributed by atoms with Crippen molar-refractivity contribution in [2.75, 3.05) is 13.6 Å². The van der Waals surface area contributed by atoms with Crippen LogP contribution in [0.5, 0.6) is 0 Å². The number of rotatable bonds is 5. The molecule has 3 nitrogen and oxygen atoms in total. The van der Waals surface area contributed by atoms with Gasteiger partial charge in [-0.15, -0.1) is 0 Å². The first-order valence-corrected chi connectivity index (χ1v) is 6.69. The van der Waals surface area contributed by atoms with Gasteiger partial charge in [-0.2, -0.15) is 0 Å². The van der Waals surface area contributed by atoms with E-state index in [0.29, 0.717) is 23.9 Å². The summed E-state index contributed by atoms with van der Waals surface area (Å²) in [6, 6.07) is 7.63. The van der Waals surface area contributed by atoms with Gasteiger partial charge >= 0.3 is 0 Å². The van der Waals surface area contributed by atoms with Crippen LogP contribution >= 0.6 is 11.6 Å². The molecular weight excluding hydrogens is 248 g/mol. The maximum absolute atomic E-state index is 12.2. The lowest BCUT2D eigenvalue weighted by molar-refractivity contribution is -0.131. The van der Waals surface area contributed by atoms with E-state index in [1.807, 2.05) is 31.3 Å². The maximum Gasteiger partial charge on any atom is 0.227 e. The van der Waals surface area contributed by atoms with E-state index in [9.17, 15) is 4.79 Å². The molecule has 1 fully saturated rings. The van der Waals surface area contributed by atoms with Crippen LogP contribution in [0.25, 0.3) is 0 Å². The first kappa shape index (κ1) is 13.4. The van der Waals surface area contributed by atoms with Crippen LogP contribution in [0.15, 0.2) is 24.3 Å². The van der Waals surface area contributed by atoms with Crippen molar-refractivity contribution >= 4 is 17.5 Å². The average Bonchev–Trinajstić information content (AvgIpc) is 3.14. The second kappa shape index (κ2) is 5.72. The van der Waals surface area contributed by atoms with Gasteiger partial charge in [-0.1, -0.05) is 23.7 Å². The highest BCUT2D eigenvalue weighted by Gasteiger charge is 2.34. The van der Waals surface area contributed by atoms with Gasteiger partial charge in [-0.25, -0.2) is 0 Å². The summed E-state index contributed by atoms with van der Waals surface area (Å²) in [5.74, 6) is 0.711. The standard InChI is InChI=1S/C14H19ClN2O/c1-17(13(9-16)11-5-6-11)14(18)8-10-3-2-4-12(15)7-10/h2-4,7,11,13H,5-6,8-9,16H2,1H3. The van der Waals surface area contributed by atoms with E-state index in [4.69, 9.17) is 17.3 Å². The van der Waals surface area contributed by atoms with Gasteiger partial charge in [0.2, 0.25) is 5.91 Å². The Hall–Kier alpha value is -1.06. The van der Waals surface area contributed by atoms with Gasteiger partial charge < -0.3 is 10.6 Å². The van der Waals surface area contributed by atoms with Gasteiger partial charge in [0.1, 0.15) is 0 Å². The normalized spacial score (nSPS) is 16.4. The summed E-state index contributed by atoms with van der Waals surface area (Å²) < 4.78 is 0. The third-order valence-corrected chi connectivity index (χ3v) is 3.78. The highest BCUT2D eigenvalue weighted by molar-refractivity contribution is 6.30. The molecule has 4 heteroatoms. The fraction of sp³-hybridized carbons (Fsp3) is 0.500. The van der Waals surface area contributed by atoms with E-state index < -0.39 is 0 Å². The van der Waals surface area contributed by atoms with E-state index in [1.54, 1.807) is 4.90 Å². The molecule has 1 aromatic carbocycles. The van der Waals surface area contributed by atoms with Gasteiger partial charge in [0.25, 0.3) is 0 Å². The van der Waals surface area contributed by atoms with Gasteiger partial charge in [0.15, 0.2) is 0 Å². The van der Waals surface area contributed by atoms with Gasteiger partial charge in [0, 0.05) is 24.7 Å². The number of carbonyl (C=O) groups is 1. The van der Waals surface area contributed by atoms with Crippen LogP contribution in [-0.4, -0.2) is 30.4 Å². The number of hydrogen-bond acceptors (Lipinski definition) is 2. The van der Waals surface area contributed by atoms with Crippen molar-refractivity contribution in [2.24, 2.45) is 11.7 Å². The quantitative estimate of drug-likeness (QED) is 0.887. The smallest absolute Gasteiger partial charge is 0.227 e. The number of carbonyl (C=O) groups excluding carboxylic acids is 1. The van der Waals surface area contributed by atoms with Gasteiger partial charge in [0.05, 0.1) is 6.42 Å². The topological polar surface area (TPSA) is 46.3 Å². The Morgan fingerprint density at radius 2 is 2.28 bits per heavy atom. The minimum absolute atomic E-state index is 0.111. The van der Waals surface area contributed by atoms with Crippen LogP contribution in [0.1, 0.15) is 18.4 Å². The highest BCUT2D eigenvalue weighted by atomic mass is 35.5. The number of amides is 1. The fourth-order valence-corrected chi connectivity index (χ4v) is 2.49.